The number of hydrogen-bond acceptors (Lipinski definition) is 10. The third-order valence-corrected chi connectivity index (χ3v) is 9.40. The van der Waals surface area contributed by atoms with Gasteiger partial charge in [0.1, 0.15) is 6.04 Å². The molecule has 0 radical (unpaired) electrons. The molecule has 10 nitrogen and oxygen atoms in total. The molecule has 1 aromatic rings. The van der Waals surface area contributed by atoms with E-state index in [9.17, 15) is 9.59 Å². The lowest BCUT2D eigenvalue weighted by molar-refractivity contribution is -0.146. The average molecular weight is 705 g/mol. The molecule has 1 heterocycles. The van der Waals surface area contributed by atoms with E-state index in [0.717, 1.165) is 32.1 Å². The number of nitrogens with two attached hydrogens (primary N) is 2. The Bertz CT molecular complexity index is 930. The number of ether oxygens (including phenoxy) is 2. The largest absolute Gasteiger partial charge is 0.466 e. The highest BCUT2D eigenvalue weighted by molar-refractivity contribution is 5.80. The molecule has 50 heavy (non-hydrogen) atoms. The van der Waals surface area contributed by atoms with Crippen LogP contribution in [-0.4, -0.2) is 46.1 Å². The lowest BCUT2D eigenvalue weighted by Crippen LogP contribution is -2.33. The molecule has 0 fully saturated rings. The van der Waals surface area contributed by atoms with Gasteiger partial charge in [0.05, 0.1) is 13.2 Å². The SMILES string of the molecule is CCCCCCCCCCCCCCCCOC(=O)CCC(Nc1nc(N)nc(N)n1)C(=O)OCCCCCCCCCCCCCCCC. The van der Waals surface area contributed by atoms with Crippen LogP contribution in [0.5, 0.6) is 0 Å². The molecule has 0 aliphatic carbocycles. The Labute approximate surface area is 305 Å². The van der Waals surface area contributed by atoms with Crippen molar-refractivity contribution in [3.8, 4) is 0 Å². The van der Waals surface area contributed by atoms with Gasteiger partial charge in [-0.25, -0.2) is 4.79 Å². The van der Waals surface area contributed by atoms with Crippen molar-refractivity contribution in [2.45, 2.75) is 213 Å². The fraction of sp³-hybridized carbons (Fsp3) is 0.875. The van der Waals surface area contributed by atoms with Gasteiger partial charge in [-0.15, -0.1) is 0 Å². The van der Waals surface area contributed by atoms with Gasteiger partial charge in [-0.05, 0) is 19.3 Å². The van der Waals surface area contributed by atoms with Gasteiger partial charge < -0.3 is 26.3 Å². The summed E-state index contributed by atoms with van der Waals surface area (Å²) in [5, 5.41) is 2.94. The fourth-order valence-corrected chi connectivity index (χ4v) is 6.27. The topological polar surface area (TPSA) is 155 Å². The minimum absolute atomic E-state index is 0.0536. The van der Waals surface area contributed by atoms with Crippen LogP contribution in [0, 0.1) is 0 Å². The first-order valence-corrected chi connectivity index (χ1v) is 20.8. The molecule has 0 amide bonds. The van der Waals surface area contributed by atoms with Crippen LogP contribution in [0.15, 0.2) is 0 Å². The van der Waals surface area contributed by atoms with E-state index in [1.54, 1.807) is 0 Å². The molecule has 0 saturated carbocycles. The first-order valence-electron chi connectivity index (χ1n) is 20.8. The Balaban J connectivity index is 2.20. The predicted octanol–water partition coefficient (Wildman–Crippen LogP) is 10.6. The number of carbonyl (C=O) groups is 2. The molecule has 10 heteroatoms. The Morgan fingerprint density at radius 1 is 0.520 bits per heavy atom. The minimum Gasteiger partial charge on any atom is -0.466 e. The molecule has 0 aliphatic rings. The van der Waals surface area contributed by atoms with Crippen LogP contribution in [0.4, 0.5) is 17.8 Å². The smallest absolute Gasteiger partial charge is 0.328 e. The number of anilines is 3. The molecule has 1 atom stereocenters. The van der Waals surface area contributed by atoms with E-state index in [-0.39, 0.29) is 36.7 Å². The van der Waals surface area contributed by atoms with Crippen LogP contribution in [0.1, 0.15) is 206 Å². The summed E-state index contributed by atoms with van der Waals surface area (Å²) in [6.45, 7) is 5.26. The first kappa shape index (κ1) is 45.4. The summed E-state index contributed by atoms with van der Waals surface area (Å²) >= 11 is 0. The van der Waals surface area contributed by atoms with Crippen LogP contribution in [0.2, 0.25) is 0 Å². The maximum Gasteiger partial charge on any atom is 0.328 e. The Morgan fingerprint density at radius 3 is 1.24 bits per heavy atom. The lowest BCUT2D eigenvalue weighted by atomic mass is 10.0. The van der Waals surface area contributed by atoms with Gasteiger partial charge in [-0.1, -0.05) is 181 Å². The molecule has 290 valence electrons. The van der Waals surface area contributed by atoms with Crippen LogP contribution >= 0.6 is 0 Å². The van der Waals surface area contributed by atoms with Crippen molar-refractivity contribution in [1.82, 2.24) is 15.0 Å². The highest BCUT2D eigenvalue weighted by Crippen LogP contribution is 2.16. The number of esters is 2. The van der Waals surface area contributed by atoms with Gasteiger partial charge in [-0.3, -0.25) is 4.79 Å². The Kier molecular flexibility index (Phi) is 30.4. The zero-order chi connectivity index (χ0) is 36.3. The highest BCUT2D eigenvalue weighted by atomic mass is 16.5. The molecule has 1 unspecified atom stereocenters. The number of nitrogens with zero attached hydrogens (tertiary/aromatic N) is 3. The van der Waals surface area contributed by atoms with Gasteiger partial charge >= 0.3 is 11.9 Å². The molecule has 0 spiro atoms. The first-order chi connectivity index (χ1) is 24.5. The molecule has 0 aliphatic heterocycles. The van der Waals surface area contributed by atoms with Crippen molar-refractivity contribution in [3.05, 3.63) is 0 Å². The van der Waals surface area contributed by atoms with Crippen molar-refractivity contribution >= 4 is 29.8 Å². The quantitative estimate of drug-likeness (QED) is 0.0454. The molecule has 1 aromatic heterocycles. The van der Waals surface area contributed by atoms with E-state index in [1.807, 2.05) is 0 Å². The van der Waals surface area contributed by atoms with E-state index >= 15 is 0 Å². The number of unbranched alkanes of at least 4 members (excludes halogenated alkanes) is 26. The third-order valence-electron chi connectivity index (χ3n) is 9.40. The van der Waals surface area contributed by atoms with E-state index in [0.29, 0.717) is 13.2 Å². The molecular weight excluding hydrogens is 628 g/mol. The van der Waals surface area contributed by atoms with Crippen molar-refractivity contribution in [1.29, 1.82) is 0 Å². The van der Waals surface area contributed by atoms with Gasteiger partial charge in [0, 0.05) is 6.42 Å². The molecule has 0 aromatic carbocycles. The van der Waals surface area contributed by atoms with Gasteiger partial charge in [0.25, 0.3) is 0 Å². The van der Waals surface area contributed by atoms with Crippen LogP contribution in [0.3, 0.4) is 0 Å². The maximum atomic E-state index is 13.0. The van der Waals surface area contributed by atoms with Crippen molar-refractivity contribution in [2.75, 3.05) is 30.0 Å². The summed E-state index contributed by atoms with van der Waals surface area (Å²) in [6, 6.07) is -0.837. The number of nitrogens with one attached hydrogen (secondary N) is 1. The van der Waals surface area contributed by atoms with Crippen molar-refractivity contribution < 1.29 is 19.1 Å². The molecular formula is C40H76N6O4. The summed E-state index contributed by atoms with van der Waals surface area (Å²) in [7, 11) is 0. The zero-order valence-electron chi connectivity index (χ0n) is 32.3. The lowest BCUT2D eigenvalue weighted by Gasteiger charge is -2.17. The number of nitrogen functional groups attached to an aromatic ring is 2. The van der Waals surface area contributed by atoms with Crippen molar-refractivity contribution in [2.24, 2.45) is 0 Å². The van der Waals surface area contributed by atoms with Crippen LogP contribution < -0.4 is 16.8 Å². The van der Waals surface area contributed by atoms with Crippen molar-refractivity contribution in [3.63, 3.8) is 0 Å². The average Bonchev–Trinajstić information content (AvgIpc) is 3.09. The number of hydrogen-bond donors (Lipinski definition) is 3. The molecule has 1 rings (SSSR count). The van der Waals surface area contributed by atoms with Gasteiger partial charge in [0.2, 0.25) is 17.8 Å². The third kappa shape index (κ3) is 28.1. The predicted molar refractivity (Wildman–Crippen MR) is 208 cm³/mol. The van der Waals surface area contributed by atoms with E-state index in [4.69, 9.17) is 20.9 Å². The summed E-state index contributed by atoms with van der Waals surface area (Å²) < 4.78 is 11.0. The summed E-state index contributed by atoms with van der Waals surface area (Å²) in [5.41, 5.74) is 11.4. The summed E-state index contributed by atoms with van der Waals surface area (Å²) in [4.78, 5) is 37.3. The van der Waals surface area contributed by atoms with Crippen LogP contribution in [-0.2, 0) is 19.1 Å². The summed E-state index contributed by atoms with van der Waals surface area (Å²) in [6.07, 6.45) is 35.9. The molecule has 0 bridgehead atoms. The molecule has 0 saturated heterocycles. The highest BCUT2D eigenvalue weighted by Gasteiger charge is 2.23. The zero-order valence-corrected chi connectivity index (χ0v) is 32.3. The maximum absolute atomic E-state index is 13.0. The fourth-order valence-electron chi connectivity index (χ4n) is 6.27. The minimum atomic E-state index is -0.837. The second kappa shape index (κ2) is 33.5. The van der Waals surface area contributed by atoms with E-state index in [1.165, 1.54) is 148 Å². The monoisotopic (exact) mass is 705 g/mol. The van der Waals surface area contributed by atoms with Gasteiger partial charge in [-0.2, -0.15) is 15.0 Å². The molecule has 5 N–H and O–H groups in total. The van der Waals surface area contributed by atoms with Crippen LogP contribution in [0.25, 0.3) is 0 Å². The number of rotatable bonds is 36. The standard InChI is InChI=1S/C40H76N6O4/c1-3-5-7-9-11-13-15-17-19-21-23-25-27-29-33-49-36(47)32-31-35(43-40-45-38(41)44-39(42)46-40)37(48)50-34-30-28-26-24-22-20-18-16-14-12-10-8-6-4-2/h35H,3-34H2,1-2H3,(H5,41,42,43,44,45,46). The van der Waals surface area contributed by atoms with Gasteiger partial charge in [0.15, 0.2) is 0 Å². The normalized spacial score (nSPS) is 11.8. The Morgan fingerprint density at radius 2 is 0.860 bits per heavy atom. The second-order valence-electron chi connectivity index (χ2n) is 14.2. The number of carbonyl (C=O) groups excluding carboxylic acids is 2. The number of aromatic nitrogens is 3. The second-order valence-corrected chi connectivity index (χ2v) is 14.2. The Hall–Kier alpha value is -2.65. The summed E-state index contributed by atoms with van der Waals surface area (Å²) in [5.74, 6) is -0.827. The van der Waals surface area contributed by atoms with E-state index in [2.05, 4.69) is 34.1 Å². The van der Waals surface area contributed by atoms with E-state index < -0.39 is 12.0 Å².